The zero-order chi connectivity index (χ0) is 39.0. The van der Waals surface area contributed by atoms with Gasteiger partial charge >= 0.3 is 5.97 Å². The van der Waals surface area contributed by atoms with Gasteiger partial charge in [-0.1, -0.05) is 77.2 Å². The maximum absolute atomic E-state index is 13.4. The van der Waals surface area contributed by atoms with Gasteiger partial charge in [0, 0.05) is 39.6 Å². The molecule has 0 bridgehead atoms. The number of carbonyl (C=O) groups excluding carboxylic acids is 3. The van der Waals surface area contributed by atoms with Gasteiger partial charge in [0.25, 0.3) is 0 Å². The molecular weight excluding hydrogens is 660 g/mol. The minimum Gasteiger partial charge on any atom is -0.462 e. The van der Waals surface area contributed by atoms with Crippen molar-refractivity contribution in [3.63, 3.8) is 0 Å². The summed E-state index contributed by atoms with van der Waals surface area (Å²) in [5, 5.41) is 21.2. The Morgan fingerprint density at radius 2 is 1.62 bits per heavy atom. The van der Waals surface area contributed by atoms with E-state index < -0.39 is 24.2 Å². The first-order valence-electron chi connectivity index (χ1n) is 19.2. The molecule has 1 aliphatic carbocycles. The number of carbonyl (C=O) groups is 3. The molecule has 9 heteroatoms. The van der Waals surface area contributed by atoms with Crippen molar-refractivity contribution in [3.8, 4) is 0 Å². The number of esters is 1. The lowest BCUT2D eigenvalue weighted by Crippen LogP contribution is -2.40. The zero-order valence-corrected chi connectivity index (χ0v) is 33.5. The molecule has 1 heterocycles. The van der Waals surface area contributed by atoms with Crippen LogP contribution in [0.3, 0.4) is 0 Å². The minimum absolute atomic E-state index is 0.0397. The SMILES string of the molecule is CO[C@@H](C[C@@H]1CC[C@@H](C)C(=O)O1)/C(C)=C/C=C/C=C/[C@@H](C)C[C@@H](C)C(=O)[C@H](OC)[C@H](O)/C(C)=C/[C@@H](C)C(=O)/C=C/[C@H](C)C[C@@H]1CC[C@@H](O)[C@H](OC)C1. The summed E-state index contributed by atoms with van der Waals surface area (Å²) < 4.78 is 22.2. The van der Waals surface area contributed by atoms with Gasteiger partial charge in [-0.2, -0.15) is 0 Å². The molecule has 0 unspecified atom stereocenters. The number of aliphatic hydroxyl groups excluding tert-OH is 2. The standard InChI is InChI=1S/C43H68O9/c1-27(14-12-11-13-15-29(3)38(49-8)26-35-19-17-30(4)43(48)52-35)22-32(6)40(46)42(51-10)41(47)33(7)24-31(5)36(44)20-16-28(2)23-34-18-21-37(45)39(25-34)50-9/h11-16,20,24,27-28,30-32,34-35,37-39,41-42,45,47H,17-19,21-23,25-26H2,1-10H3/b13-11+,14-12+,20-16+,29-15+,33-24+/t27-,28+,30-,31-,32-,34+,35+,37-,38+,39-,41-,42+/m1/s1. The number of cyclic esters (lactones) is 1. The van der Waals surface area contributed by atoms with E-state index in [9.17, 15) is 24.6 Å². The Labute approximate surface area is 313 Å². The Morgan fingerprint density at radius 3 is 2.25 bits per heavy atom. The highest BCUT2D eigenvalue weighted by atomic mass is 16.5. The number of allylic oxidation sites excluding steroid dienone is 8. The number of hydrogen-bond donors (Lipinski definition) is 2. The molecule has 12 atom stereocenters. The van der Waals surface area contributed by atoms with Crippen molar-refractivity contribution in [2.24, 2.45) is 35.5 Å². The van der Waals surface area contributed by atoms with E-state index in [-0.39, 0.29) is 59.5 Å². The molecular formula is C43H68O9. The fourth-order valence-electron chi connectivity index (χ4n) is 7.32. The molecule has 0 aromatic heterocycles. The molecule has 294 valence electrons. The number of hydrogen-bond acceptors (Lipinski definition) is 9. The summed E-state index contributed by atoms with van der Waals surface area (Å²) in [6, 6.07) is 0. The number of aliphatic hydroxyl groups is 2. The molecule has 1 aliphatic heterocycles. The third kappa shape index (κ3) is 15.0. The fraction of sp³-hybridized carbons (Fsp3) is 0.698. The molecule has 52 heavy (non-hydrogen) atoms. The van der Waals surface area contributed by atoms with Crippen LogP contribution >= 0.6 is 0 Å². The van der Waals surface area contributed by atoms with Crippen molar-refractivity contribution in [2.45, 2.75) is 136 Å². The summed E-state index contributed by atoms with van der Waals surface area (Å²) in [7, 11) is 4.73. The number of Topliss-reactive ketones (excluding diaryl/α,β-unsaturated/α-hetero) is 1. The van der Waals surface area contributed by atoms with Crippen LogP contribution in [0.15, 0.2) is 59.8 Å². The maximum Gasteiger partial charge on any atom is 0.308 e. The highest BCUT2D eigenvalue weighted by Gasteiger charge is 2.33. The van der Waals surface area contributed by atoms with Crippen LogP contribution in [0.5, 0.6) is 0 Å². The Hall–Kier alpha value is -2.69. The van der Waals surface area contributed by atoms with Gasteiger partial charge in [-0.3, -0.25) is 14.4 Å². The third-order valence-electron chi connectivity index (χ3n) is 10.8. The van der Waals surface area contributed by atoms with Crippen molar-refractivity contribution in [2.75, 3.05) is 21.3 Å². The van der Waals surface area contributed by atoms with E-state index in [0.717, 1.165) is 44.1 Å². The lowest BCUT2D eigenvalue weighted by atomic mass is 9.80. The molecule has 1 saturated carbocycles. The largest absolute Gasteiger partial charge is 0.462 e. The molecule has 1 saturated heterocycles. The van der Waals surface area contributed by atoms with Crippen LogP contribution in [0.4, 0.5) is 0 Å². The Morgan fingerprint density at radius 1 is 0.904 bits per heavy atom. The summed E-state index contributed by atoms with van der Waals surface area (Å²) >= 11 is 0. The fourth-order valence-corrected chi connectivity index (χ4v) is 7.32. The van der Waals surface area contributed by atoms with Crippen molar-refractivity contribution in [1.82, 2.24) is 0 Å². The van der Waals surface area contributed by atoms with Gasteiger partial charge in [-0.05, 0) is 93.8 Å². The molecule has 0 aromatic rings. The van der Waals surface area contributed by atoms with E-state index in [4.69, 9.17) is 18.9 Å². The highest BCUT2D eigenvalue weighted by Crippen LogP contribution is 2.32. The molecule has 2 aliphatic rings. The van der Waals surface area contributed by atoms with E-state index in [1.54, 1.807) is 40.2 Å². The molecule has 0 aromatic carbocycles. The van der Waals surface area contributed by atoms with Crippen LogP contribution in [0.25, 0.3) is 0 Å². The van der Waals surface area contributed by atoms with Crippen LogP contribution in [-0.4, -0.2) is 85.7 Å². The van der Waals surface area contributed by atoms with Crippen LogP contribution in [0.2, 0.25) is 0 Å². The van der Waals surface area contributed by atoms with Crippen molar-refractivity contribution in [1.29, 1.82) is 0 Å². The van der Waals surface area contributed by atoms with Gasteiger partial charge in [0.1, 0.15) is 18.3 Å². The van der Waals surface area contributed by atoms with Crippen LogP contribution < -0.4 is 0 Å². The molecule has 0 spiro atoms. The Balaban J connectivity index is 1.87. The van der Waals surface area contributed by atoms with Gasteiger partial charge in [0.15, 0.2) is 11.6 Å². The van der Waals surface area contributed by atoms with Crippen LogP contribution in [-0.2, 0) is 33.3 Å². The number of ether oxygens (including phenoxy) is 4. The zero-order valence-electron chi connectivity index (χ0n) is 33.5. The smallest absolute Gasteiger partial charge is 0.308 e. The van der Waals surface area contributed by atoms with E-state index in [1.165, 1.54) is 7.11 Å². The van der Waals surface area contributed by atoms with Gasteiger partial charge in [-0.25, -0.2) is 0 Å². The van der Waals surface area contributed by atoms with Crippen LogP contribution in [0, 0.1) is 35.5 Å². The van der Waals surface area contributed by atoms with Gasteiger partial charge in [0.05, 0.1) is 24.2 Å². The second-order valence-electron chi connectivity index (χ2n) is 15.5. The number of rotatable bonds is 21. The molecule has 2 rings (SSSR count). The van der Waals surface area contributed by atoms with Crippen LogP contribution in [0.1, 0.15) is 99.8 Å². The highest BCUT2D eigenvalue weighted by molar-refractivity contribution is 5.92. The molecule has 2 N–H and O–H groups in total. The summed E-state index contributed by atoms with van der Waals surface area (Å²) in [5.74, 6) is -0.493. The Kier molecular flexibility index (Phi) is 20.3. The van der Waals surface area contributed by atoms with Gasteiger partial charge in [0.2, 0.25) is 0 Å². The number of methoxy groups -OCH3 is 3. The molecule has 0 radical (unpaired) electrons. The molecule has 0 amide bonds. The topological polar surface area (TPSA) is 129 Å². The van der Waals surface area contributed by atoms with E-state index >= 15 is 0 Å². The quantitative estimate of drug-likeness (QED) is 0.0541. The van der Waals surface area contributed by atoms with Crippen molar-refractivity contribution < 1.29 is 43.5 Å². The predicted molar refractivity (Wildman–Crippen MR) is 205 cm³/mol. The maximum atomic E-state index is 13.4. The monoisotopic (exact) mass is 728 g/mol. The average molecular weight is 729 g/mol. The lowest BCUT2D eigenvalue weighted by Gasteiger charge is -2.33. The summed E-state index contributed by atoms with van der Waals surface area (Å²) in [4.78, 5) is 38.3. The second-order valence-corrected chi connectivity index (χ2v) is 15.5. The normalized spacial score (nSPS) is 27.7. The first-order chi connectivity index (χ1) is 24.6. The van der Waals surface area contributed by atoms with Crippen molar-refractivity contribution >= 4 is 17.5 Å². The summed E-state index contributed by atoms with van der Waals surface area (Å²) in [6.07, 6.45) is 18.5. The van der Waals surface area contributed by atoms with Gasteiger partial charge < -0.3 is 29.2 Å². The molecule has 2 fully saturated rings. The number of ketones is 2. The molecule has 9 nitrogen and oxygen atoms in total. The van der Waals surface area contributed by atoms with E-state index in [1.807, 2.05) is 64.2 Å². The predicted octanol–water partition coefficient (Wildman–Crippen LogP) is 7.31. The van der Waals surface area contributed by atoms with E-state index in [0.29, 0.717) is 24.3 Å². The lowest BCUT2D eigenvalue weighted by molar-refractivity contribution is -0.161. The Bertz CT molecular complexity index is 1280. The average Bonchev–Trinajstić information content (AvgIpc) is 3.11. The third-order valence-corrected chi connectivity index (χ3v) is 10.8. The van der Waals surface area contributed by atoms with Gasteiger partial charge in [-0.15, -0.1) is 0 Å². The first-order valence-corrected chi connectivity index (χ1v) is 19.2. The van der Waals surface area contributed by atoms with E-state index in [2.05, 4.69) is 6.92 Å². The minimum atomic E-state index is -1.16. The second kappa shape index (κ2) is 23.2. The summed E-state index contributed by atoms with van der Waals surface area (Å²) in [5.41, 5.74) is 1.56. The van der Waals surface area contributed by atoms with Crippen molar-refractivity contribution in [3.05, 3.63) is 59.8 Å². The summed E-state index contributed by atoms with van der Waals surface area (Å²) in [6.45, 7) is 13.4. The first kappa shape index (κ1) is 45.5.